The molecular formula is C23H19N5OS2. The Morgan fingerprint density at radius 2 is 1.87 bits per heavy atom. The van der Waals surface area contributed by atoms with Crippen LogP contribution >= 0.6 is 23.1 Å². The Morgan fingerprint density at radius 3 is 2.61 bits per heavy atom. The summed E-state index contributed by atoms with van der Waals surface area (Å²) in [5, 5.41) is 21.1. The maximum Gasteiger partial charge on any atom is 0.196 e. The highest BCUT2D eigenvalue weighted by Gasteiger charge is 2.25. The second-order valence-corrected chi connectivity index (χ2v) is 8.74. The molecule has 0 N–H and O–H groups in total. The summed E-state index contributed by atoms with van der Waals surface area (Å²) in [4.78, 5) is 17.4. The van der Waals surface area contributed by atoms with E-state index in [4.69, 9.17) is 0 Å². The summed E-state index contributed by atoms with van der Waals surface area (Å²) in [5.74, 6) is -0.236. The Balaban J connectivity index is 1.51. The number of nitriles is 1. The molecular weight excluding hydrogens is 426 g/mol. The molecule has 0 aliphatic rings. The Hall–Kier alpha value is -3.28. The van der Waals surface area contributed by atoms with Crippen LogP contribution in [-0.4, -0.2) is 31.3 Å². The summed E-state index contributed by atoms with van der Waals surface area (Å²) >= 11 is 2.62. The molecule has 1 unspecified atom stereocenters. The van der Waals surface area contributed by atoms with Gasteiger partial charge in [0.15, 0.2) is 16.9 Å². The molecule has 6 nitrogen and oxygen atoms in total. The molecule has 0 bridgehead atoms. The maximum absolute atomic E-state index is 12.9. The maximum atomic E-state index is 12.9. The number of rotatable bonds is 7. The van der Waals surface area contributed by atoms with Gasteiger partial charge in [0.25, 0.3) is 0 Å². The fourth-order valence-corrected chi connectivity index (χ4v) is 4.96. The first kappa shape index (κ1) is 21.0. The Labute approximate surface area is 188 Å². The smallest absolute Gasteiger partial charge is 0.196 e. The standard InChI is InChI=1S/C23H19N5OS2/c1-15-8-6-7-11-20(15)28-16(2)26-27-23(28)31-14-21(29)18(12-24)22-25-19(13-30-22)17-9-4-3-5-10-17/h3-11,13,18H,14H2,1-2H3. The summed E-state index contributed by atoms with van der Waals surface area (Å²) in [6.45, 7) is 3.90. The van der Waals surface area contributed by atoms with Gasteiger partial charge in [-0.15, -0.1) is 21.5 Å². The zero-order valence-corrected chi connectivity index (χ0v) is 18.7. The Morgan fingerprint density at radius 1 is 1.13 bits per heavy atom. The van der Waals surface area contributed by atoms with Gasteiger partial charge in [-0.1, -0.05) is 60.3 Å². The van der Waals surface area contributed by atoms with Crippen molar-refractivity contribution in [3.8, 4) is 23.0 Å². The van der Waals surface area contributed by atoms with E-state index in [1.54, 1.807) is 0 Å². The second-order valence-electron chi connectivity index (χ2n) is 6.91. The van der Waals surface area contributed by atoms with E-state index in [1.165, 1.54) is 23.1 Å². The summed E-state index contributed by atoms with van der Waals surface area (Å²) in [6, 6.07) is 19.8. The summed E-state index contributed by atoms with van der Waals surface area (Å²) in [5.41, 5.74) is 3.80. The number of benzene rings is 2. The molecule has 4 rings (SSSR count). The lowest BCUT2D eigenvalue weighted by Gasteiger charge is -2.11. The number of carbonyl (C=O) groups excluding carboxylic acids is 1. The minimum atomic E-state index is -0.897. The molecule has 0 amide bonds. The molecule has 2 heterocycles. The average Bonchev–Trinajstić information content (AvgIpc) is 3.41. The minimum Gasteiger partial charge on any atom is -0.297 e. The van der Waals surface area contributed by atoms with Crippen LogP contribution in [0.4, 0.5) is 0 Å². The number of thiazole rings is 1. The van der Waals surface area contributed by atoms with Crippen LogP contribution < -0.4 is 0 Å². The predicted octanol–water partition coefficient (Wildman–Crippen LogP) is 4.98. The van der Waals surface area contributed by atoms with E-state index in [9.17, 15) is 10.1 Å². The molecule has 2 aromatic heterocycles. The van der Waals surface area contributed by atoms with E-state index in [0.29, 0.717) is 10.2 Å². The average molecular weight is 446 g/mol. The molecule has 0 aliphatic carbocycles. The molecule has 31 heavy (non-hydrogen) atoms. The molecule has 2 aromatic carbocycles. The third-order valence-corrected chi connectivity index (χ3v) is 6.65. The van der Waals surface area contributed by atoms with Gasteiger partial charge >= 0.3 is 0 Å². The van der Waals surface area contributed by atoms with Crippen LogP contribution in [0.1, 0.15) is 22.3 Å². The van der Waals surface area contributed by atoms with E-state index in [2.05, 4.69) is 21.3 Å². The molecule has 0 radical (unpaired) electrons. The summed E-state index contributed by atoms with van der Waals surface area (Å²) in [6.07, 6.45) is 0. The van der Waals surface area contributed by atoms with Gasteiger partial charge in [0.2, 0.25) is 0 Å². The molecule has 4 aromatic rings. The number of nitrogens with zero attached hydrogens (tertiary/aromatic N) is 5. The largest absolute Gasteiger partial charge is 0.297 e. The fraction of sp³-hybridized carbons (Fsp3) is 0.174. The predicted molar refractivity (Wildman–Crippen MR) is 122 cm³/mol. The van der Waals surface area contributed by atoms with Crippen molar-refractivity contribution in [2.45, 2.75) is 24.9 Å². The molecule has 0 spiro atoms. The number of Topliss-reactive ketones (excluding diaryl/α,β-unsaturated/α-hetero) is 1. The number of hydrogen-bond acceptors (Lipinski definition) is 7. The third kappa shape index (κ3) is 4.43. The van der Waals surface area contributed by atoms with Crippen molar-refractivity contribution in [2.24, 2.45) is 0 Å². The molecule has 0 fully saturated rings. The highest BCUT2D eigenvalue weighted by molar-refractivity contribution is 7.99. The van der Waals surface area contributed by atoms with Gasteiger partial charge in [-0.05, 0) is 25.5 Å². The zero-order valence-electron chi connectivity index (χ0n) is 17.0. The van der Waals surface area contributed by atoms with Crippen LogP contribution in [0, 0.1) is 25.2 Å². The lowest BCUT2D eigenvalue weighted by atomic mass is 10.1. The first-order chi connectivity index (χ1) is 15.1. The number of thioether (sulfide) groups is 1. The zero-order chi connectivity index (χ0) is 21.8. The topological polar surface area (TPSA) is 84.5 Å². The molecule has 154 valence electrons. The van der Waals surface area contributed by atoms with Crippen LogP contribution in [0.25, 0.3) is 16.9 Å². The van der Waals surface area contributed by atoms with Crippen LogP contribution in [0.15, 0.2) is 65.1 Å². The fourth-order valence-electron chi connectivity index (χ4n) is 3.17. The number of aryl methyl sites for hydroxylation is 2. The molecule has 0 saturated carbocycles. The third-order valence-electron chi connectivity index (χ3n) is 4.78. The van der Waals surface area contributed by atoms with Crippen molar-refractivity contribution < 1.29 is 4.79 Å². The van der Waals surface area contributed by atoms with Gasteiger partial charge in [0, 0.05) is 10.9 Å². The van der Waals surface area contributed by atoms with Crippen LogP contribution in [0.3, 0.4) is 0 Å². The van der Waals surface area contributed by atoms with Crippen LogP contribution in [0.2, 0.25) is 0 Å². The van der Waals surface area contributed by atoms with Crippen molar-refractivity contribution in [3.63, 3.8) is 0 Å². The van der Waals surface area contributed by atoms with Crippen molar-refractivity contribution in [3.05, 3.63) is 76.4 Å². The molecule has 0 saturated heterocycles. The van der Waals surface area contributed by atoms with Gasteiger partial charge < -0.3 is 0 Å². The summed E-state index contributed by atoms with van der Waals surface area (Å²) < 4.78 is 1.94. The number of ketones is 1. The van der Waals surface area contributed by atoms with Gasteiger partial charge in [0.1, 0.15) is 10.8 Å². The molecule has 1 atom stereocenters. The quantitative estimate of drug-likeness (QED) is 0.373. The van der Waals surface area contributed by atoms with Crippen molar-refractivity contribution >= 4 is 28.9 Å². The monoisotopic (exact) mass is 445 g/mol. The van der Waals surface area contributed by atoms with E-state index in [-0.39, 0.29) is 11.5 Å². The number of carbonyl (C=O) groups is 1. The van der Waals surface area contributed by atoms with E-state index in [0.717, 1.165) is 28.3 Å². The van der Waals surface area contributed by atoms with Gasteiger partial charge in [-0.25, -0.2) is 4.98 Å². The van der Waals surface area contributed by atoms with Crippen molar-refractivity contribution in [1.29, 1.82) is 5.26 Å². The number of hydrogen-bond donors (Lipinski definition) is 0. The van der Waals surface area contributed by atoms with E-state index in [1.807, 2.05) is 78.4 Å². The van der Waals surface area contributed by atoms with Crippen molar-refractivity contribution in [2.75, 3.05) is 5.75 Å². The highest BCUT2D eigenvalue weighted by Crippen LogP contribution is 2.29. The molecule has 8 heteroatoms. The summed E-state index contributed by atoms with van der Waals surface area (Å²) in [7, 11) is 0. The van der Waals surface area contributed by atoms with Crippen LogP contribution in [-0.2, 0) is 4.79 Å². The Bertz CT molecular complexity index is 1260. The minimum absolute atomic E-state index is 0.114. The van der Waals surface area contributed by atoms with Gasteiger partial charge in [-0.3, -0.25) is 9.36 Å². The first-order valence-electron chi connectivity index (χ1n) is 9.62. The number of aromatic nitrogens is 4. The van der Waals surface area contributed by atoms with Crippen LogP contribution in [0.5, 0.6) is 0 Å². The van der Waals surface area contributed by atoms with E-state index < -0.39 is 5.92 Å². The van der Waals surface area contributed by atoms with Gasteiger partial charge in [0.05, 0.1) is 23.2 Å². The number of para-hydroxylation sites is 1. The first-order valence-corrected chi connectivity index (χ1v) is 11.5. The lowest BCUT2D eigenvalue weighted by Crippen LogP contribution is -2.14. The van der Waals surface area contributed by atoms with Gasteiger partial charge in [-0.2, -0.15) is 5.26 Å². The van der Waals surface area contributed by atoms with Crippen molar-refractivity contribution in [1.82, 2.24) is 19.7 Å². The highest BCUT2D eigenvalue weighted by atomic mass is 32.2. The normalized spacial score (nSPS) is 11.8. The Kier molecular flexibility index (Phi) is 6.26. The SMILES string of the molecule is Cc1ccccc1-n1c(C)nnc1SCC(=O)C(C#N)c1nc(-c2ccccc2)cs1. The molecule has 0 aliphatic heterocycles. The second kappa shape index (κ2) is 9.25. The van der Waals surface area contributed by atoms with E-state index >= 15 is 0 Å². The lowest BCUT2D eigenvalue weighted by molar-refractivity contribution is -0.116.